The average Bonchev–Trinajstić information content (AvgIpc) is 1.85. The zero-order chi connectivity index (χ0) is 7.11. The Morgan fingerprint density at radius 3 is 2.89 bits per heavy atom. The molecule has 0 atom stereocenters. The van der Waals surface area contributed by atoms with E-state index in [4.69, 9.17) is 0 Å². The van der Waals surface area contributed by atoms with E-state index in [-0.39, 0.29) is 6.61 Å². The minimum atomic E-state index is -0.410. The molecule has 0 spiro atoms. The van der Waals surface area contributed by atoms with Crippen LogP contribution in [0.3, 0.4) is 0 Å². The van der Waals surface area contributed by atoms with Crippen LogP contribution < -0.4 is 5.32 Å². The minimum Gasteiger partial charge on any atom is -0.372 e. The molecule has 4 heteroatoms. The largest absolute Gasteiger partial charge is 0.372 e. The van der Waals surface area contributed by atoms with Crippen LogP contribution in [-0.2, 0) is 14.3 Å². The standard InChI is InChI=1S/C5H9NO3/c1-2-9-3-5(8)6-4-7/h4H,2-3H2,1H3,(H,6,7,8). The molecule has 0 unspecified atom stereocenters. The number of ether oxygens (including phenoxy) is 1. The molecule has 0 fully saturated rings. The van der Waals surface area contributed by atoms with E-state index < -0.39 is 5.91 Å². The van der Waals surface area contributed by atoms with E-state index in [1.807, 2.05) is 5.32 Å². The smallest absolute Gasteiger partial charge is 0.252 e. The van der Waals surface area contributed by atoms with E-state index in [1.165, 1.54) is 0 Å². The fraction of sp³-hybridized carbons (Fsp3) is 0.600. The number of carbonyl (C=O) groups excluding carboxylic acids is 2. The van der Waals surface area contributed by atoms with Gasteiger partial charge in [-0.05, 0) is 6.92 Å². The fourth-order valence-electron chi connectivity index (χ4n) is 0.302. The Bertz CT molecular complexity index is 102. The predicted octanol–water partition coefficient (Wildman–Crippen LogP) is -0.705. The highest BCUT2D eigenvalue weighted by molar-refractivity contribution is 5.86. The Balaban J connectivity index is 3.16. The quantitative estimate of drug-likeness (QED) is 0.513. The molecule has 0 aliphatic heterocycles. The number of rotatable bonds is 4. The molecule has 0 aliphatic carbocycles. The Kier molecular flexibility index (Phi) is 4.72. The molecule has 4 nitrogen and oxygen atoms in total. The number of hydrogen-bond acceptors (Lipinski definition) is 3. The summed E-state index contributed by atoms with van der Waals surface area (Å²) >= 11 is 0. The van der Waals surface area contributed by atoms with Crippen LogP contribution in [0.4, 0.5) is 0 Å². The lowest BCUT2D eigenvalue weighted by molar-refractivity contribution is -0.128. The second-order valence-electron chi connectivity index (χ2n) is 1.32. The number of imide groups is 1. The van der Waals surface area contributed by atoms with E-state index in [1.54, 1.807) is 6.92 Å². The van der Waals surface area contributed by atoms with Gasteiger partial charge in [-0.15, -0.1) is 0 Å². The van der Waals surface area contributed by atoms with Crippen molar-refractivity contribution in [3.8, 4) is 0 Å². The monoisotopic (exact) mass is 131 g/mol. The summed E-state index contributed by atoms with van der Waals surface area (Å²) < 4.78 is 4.68. The van der Waals surface area contributed by atoms with Crippen molar-refractivity contribution < 1.29 is 14.3 Å². The Labute approximate surface area is 53.2 Å². The topological polar surface area (TPSA) is 55.4 Å². The van der Waals surface area contributed by atoms with Crippen molar-refractivity contribution in [3.63, 3.8) is 0 Å². The van der Waals surface area contributed by atoms with Crippen molar-refractivity contribution in [1.29, 1.82) is 0 Å². The van der Waals surface area contributed by atoms with E-state index in [9.17, 15) is 9.59 Å². The molecule has 0 aromatic carbocycles. The Morgan fingerprint density at radius 2 is 2.44 bits per heavy atom. The summed E-state index contributed by atoms with van der Waals surface area (Å²) in [5.74, 6) is -0.410. The number of hydrogen-bond donors (Lipinski definition) is 1. The summed E-state index contributed by atoms with van der Waals surface area (Å²) in [6, 6.07) is 0. The first-order valence-corrected chi connectivity index (χ1v) is 2.62. The maximum absolute atomic E-state index is 10.3. The molecule has 1 N–H and O–H groups in total. The first-order valence-electron chi connectivity index (χ1n) is 2.62. The van der Waals surface area contributed by atoms with Crippen molar-refractivity contribution in [2.24, 2.45) is 0 Å². The molecule has 0 saturated heterocycles. The van der Waals surface area contributed by atoms with Gasteiger partial charge >= 0.3 is 0 Å². The number of nitrogens with one attached hydrogen (secondary N) is 1. The average molecular weight is 131 g/mol. The van der Waals surface area contributed by atoms with Gasteiger partial charge in [0.2, 0.25) is 6.41 Å². The van der Waals surface area contributed by atoms with Crippen molar-refractivity contribution in [2.75, 3.05) is 13.2 Å². The Hall–Kier alpha value is -0.900. The van der Waals surface area contributed by atoms with Crippen LogP contribution in [0.15, 0.2) is 0 Å². The van der Waals surface area contributed by atoms with Gasteiger partial charge in [0.1, 0.15) is 6.61 Å². The molecule has 52 valence electrons. The first-order chi connectivity index (χ1) is 4.31. The summed E-state index contributed by atoms with van der Waals surface area (Å²) in [6.45, 7) is 2.20. The molecule has 0 aromatic heterocycles. The first kappa shape index (κ1) is 8.10. The number of carbonyl (C=O) groups is 2. The number of amides is 2. The van der Waals surface area contributed by atoms with Gasteiger partial charge in [0.05, 0.1) is 0 Å². The van der Waals surface area contributed by atoms with E-state index in [2.05, 4.69) is 4.74 Å². The molecule has 9 heavy (non-hydrogen) atoms. The normalized spacial score (nSPS) is 8.56. The lowest BCUT2D eigenvalue weighted by Gasteiger charge is -1.95. The maximum atomic E-state index is 10.3. The van der Waals surface area contributed by atoms with Gasteiger partial charge in [-0.1, -0.05) is 0 Å². The van der Waals surface area contributed by atoms with Crippen molar-refractivity contribution >= 4 is 12.3 Å². The van der Waals surface area contributed by atoms with Crippen LogP contribution in [0.1, 0.15) is 6.92 Å². The van der Waals surface area contributed by atoms with Crippen molar-refractivity contribution in [2.45, 2.75) is 6.92 Å². The molecular weight excluding hydrogens is 122 g/mol. The van der Waals surface area contributed by atoms with Gasteiger partial charge in [-0.3, -0.25) is 14.9 Å². The SMILES string of the molecule is CCOCC(=O)NC=O. The zero-order valence-corrected chi connectivity index (χ0v) is 5.22. The molecule has 0 radical (unpaired) electrons. The predicted molar refractivity (Wildman–Crippen MR) is 30.7 cm³/mol. The van der Waals surface area contributed by atoms with Crippen LogP contribution in [-0.4, -0.2) is 25.5 Å². The van der Waals surface area contributed by atoms with Gasteiger partial charge in [-0.2, -0.15) is 0 Å². The third-order valence-electron chi connectivity index (χ3n) is 0.657. The van der Waals surface area contributed by atoms with E-state index in [0.29, 0.717) is 13.0 Å². The second-order valence-corrected chi connectivity index (χ2v) is 1.32. The lowest BCUT2D eigenvalue weighted by atomic mass is 10.6. The van der Waals surface area contributed by atoms with Crippen LogP contribution in [0.25, 0.3) is 0 Å². The highest BCUT2D eigenvalue weighted by atomic mass is 16.5. The van der Waals surface area contributed by atoms with Crippen molar-refractivity contribution in [3.05, 3.63) is 0 Å². The van der Waals surface area contributed by atoms with Crippen LogP contribution in [0, 0.1) is 0 Å². The molecule has 0 aromatic rings. The van der Waals surface area contributed by atoms with Gasteiger partial charge < -0.3 is 4.74 Å². The molecule has 0 rings (SSSR count). The van der Waals surface area contributed by atoms with Gasteiger partial charge in [0, 0.05) is 6.61 Å². The lowest BCUT2D eigenvalue weighted by Crippen LogP contribution is -2.25. The summed E-state index contributed by atoms with van der Waals surface area (Å²) in [4.78, 5) is 19.9. The van der Waals surface area contributed by atoms with Crippen LogP contribution >= 0.6 is 0 Å². The third-order valence-corrected chi connectivity index (χ3v) is 0.657. The molecular formula is C5H9NO3. The molecule has 0 heterocycles. The van der Waals surface area contributed by atoms with Crippen LogP contribution in [0.5, 0.6) is 0 Å². The van der Waals surface area contributed by atoms with Gasteiger partial charge in [0.15, 0.2) is 0 Å². The highest BCUT2D eigenvalue weighted by Gasteiger charge is 1.95. The van der Waals surface area contributed by atoms with Crippen LogP contribution in [0.2, 0.25) is 0 Å². The van der Waals surface area contributed by atoms with E-state index >= 15 is 0 Å². The zero-order valence-electron chi connectivity index (χ0n) is 5.22. The summed E-state index contributed by atoms with van der Waals surface area (Å²) in [6.07, 6.45) is 0.335. The highest BCUT2D eigenvalue weighted by Crippen LogP contribution is 1.70. The Morgan fingerprint density at radius 1 is 1.78 bits per heavy atom. The molecule has 0 bridgehead atoms. The summed E-state index contributed by atoms with van der Waals surface area (Å²) in [5.41, 5.74) is 0. The van der Waals surface area contributed by atoms with Gasteiger partial charge in [-0.25, -0.2) is 0 Å². The molecule has 0 aliphatic rings. The summed E-state index contributed by atoms with van der Waals surface area (Å²) in [7, 11) is 0. The second kappa shape index (κ2) is 5.24. The van der Waals surface area contributed by atoms with Gasteiger partial charge in [0.25, 0.3) is 5.91 Å². The fourth-order valence-corrected chi connectivity index (χ4v) is 0.302. The van der Waals surface area contributed by atoms with E-state index in [0.717, 1.165) is 0 Å². The minimum absolute atomic E-state index is 0.0464. The van der Waals surface area contributed by atoms with Crippen molar-refractivity contribution in [1.82, 2.24) is 5.32 Å². The molecule has 2 amide bonds. The third kappa shape index (κ3) is 4.96. The maximum Gasteiger partial charge on any atom is 0.252 e. The summed E-state index contributed by atoms with van der Waals surface area (Å²) in [5, 5.41) is 1.94. The molecule has 0 saturated carbocycles.